The van der Waals surface area contributed by atoms with Crippen molar-refractivity contribution in [2.75, 3.05) is 19.7 Å². The van der Waals surface area contributed by atoms with Crippen molar-refractivity contribution in [2.24, 2.45) is 5.41 Å². The molecule has 2 saturated heterocycles. The van der Waals surface area contributed by atoms with E-state index in [1.54, 1.807) is 0 Å². The topological polar surface area (TPSA) is 32.3 Å². The molecule has 3 heterocycles. The molecule has 1 aromatic rings. The highest BCUT2D eigenvalue weighted by molar-refractivity contribution is 7.10. The molecule has 4 rings (SSSR count). The Hall–Kier alpha value is -0.380. The van der Waals surface area contributed by atoms with Gasteiger partial charge in [0.05, 0.1) is 0 Å². The smallest absolute Gasteiger partial charge is 0.0500 e. The van der Waals surface area contributed by atoms with Crippen LogP contribution in [0, 0.1) is 5.41 Å². The Morgan fingerprint density at radius 3 is 2.93 bits per heavy atom. The molecule has 3 heteroatoms. The Labute approximate surface area is 88.0 Å². The zero-order chi connectivity index (χ0) is 9.65. The molecular weight excluding hydrogens is 194 g/mol. The number of thiophene rings is 1. The Kier molecular flexibility index (Phi) is 1.79. The Balaban J connectivity index is 1.89. The monoisotopic (exact) mass is 209 g/mol. The molecule has 0 atom stereocenters. The van der Waals surface area contributed by atoms with Crippen LogP contribution in [0.4, 0.5) is 0 Å². The fourth-order valence-corrected chi connectivity index (χ4v) is 4.14. The van der Waals surface area contributed by atoms with Gasteiger partial charge < -0.3 is 10.4 Å². The molecule has 2 N–H and O–H groups in total. The summed E-state index contributed by atoms with van der Waals surface area (Å²) in [5, 5.41) is 15.0. The number of nitrogens with one attached hydrogen (secondary N) is 1. The normalized spacial score (nSPS) is 40.6. The van der Waals surface area contributed by atoms with E-state index in [-0.39, 0.29) is 5.41 Å². The van der Waals surface area contributed by atoms with Gasteiger partial charge in [-0.25, -0.2) is 0 Å². The molecule has 1 aromatic heterocycles. The largest absolute Gasteiger partial charge is 0.396 e. The Bertz CT molecular complexity index is 327. The summed E-state index contributed by atoms with van der Waals surface area (Å²) in [5.41, 5.74) is 0.553. The summed E-state index contributed by atoms with van der Waals surface area (Å²) >= 11 is 1.85. The SMILES string of the molecule is OCC12CNCC(c3cccs3)(C1)C2. The molecule has 0 aromatic carbocycles. The second kappa shape index (κ2) is 2.81. The Morgan fingerprint density at radius 1 is 1.43 bits per heavy atom. The third-order valence-corrected chi connectivity index (χ3v) is 4.89. The molecule has 3 aliphatic rings. The molecule has 76 valence electrons. The van der Waals surface area contributed by atoms with Gasteiger partial charge in [0, 0.05) is 35.4 Å². The number of hydrogen-bond donors (Lipinski definition) is 2. The lowest BCUT2D eigenvalue weighted by atomic mass is 9.50. The van der Waals surface area contributed by atoms with E-state index in [1.807, 2.05) is 11.3 Å². The summed E-state index contributed by atoms with van der Waals surface area (Å²) in [6, 6.07) is 4.36. The highest BCUT2D eigenvalue weighted by atomic mass is 32.1. The van der Waals surface area contributed by atoms with Crippen LogP contribution < -0.4 is 5.32 Å². The number of aliphatic hydroxyl groups is 1. The van der Waals surface area contributed by atoms with Gasteiger partial charge in [0.1, 0.15) is 0 Å². The van der Waals surface area contributed by atoms with Gasteiger partial charge in [0.2, 0.25) is 0 Å². The Morgan fingerprint density at radius 2 is 2.29 bits per heavy atom. The first-order chi connectivity index (χ1) is 6.79. The van der Waals surface area contributed by atoms with Crippen LogP contribution in [-0.2, 0) is 5.41 Å². The lowest BCUT2D eigenvalue weighted by molar-refractivity contribution is -0.0565. The van der Waals surface area contributed by atoms with Crippen molar-refractivity contribution < 1.29 is 5.11 Å². The molecule has 0 amide bonds. The molecule has 0 unspecified atom stereocenters. The zero-order valence-corrected chi connectivity index (χ0v) is 8.94. The van der Waals surface area contributed by atoms with Crippen LogP contribution in [0.5, 0.6) is 0 Å². The van der Waals surface area contributed by atoms with Crippen molar-refractivity contribution in [1.82, 2.24) is 5.32 Å². The quantitative estimate of drug-likeness (QED) is 0.771. The van der Waals surface area contributed by atoms with Crippen molar-refractivity contribution in [3.8, 4) is 0 Å². The van der Waals surface area contributed by atoms with Crippen LogP contribution in [0.1, 0.15) is 17.7 Å². The summed E-state index contributed by atoms with van der Waals surface area (Å²) in [5.74, 6) is 0. The third kappa shape index (κ3) is 1.03. The first-order valence-electron chi connectivity index (χ1n) is 5.14. The predicted octanol–water partition coefficient (Wildman–Crippen LogP) is 1.36. The number of piperidine rings is 2. The van der Waals surface area contributed by atoms with Crippen LogP contribution in [0.15, 0.2) is 17.5 Å². The standard InChI is InChI=1S/C11H15NOS/c13-8-10-4-11(5-10,7-12-6-10)9-2-1-3-14-9/h1-3,12-13H,4-8H2. The highest BCUT2D eigenvalue weighted by Crippen LogP contribution is 2.58. The average Bonchev–Trinajstić information content (AvgIpc) is 2.70. The predicted molar refractivity (Wildman–Crippen MR) is 57.6 cm³/mol. The van der Waals surface area contributed by atoms with E-state index in [9.17, 15) is 5.11 Å². The summed E-state index contributed by atoms with van der Waals surface area (Å²) in [4.78, 5) is 1.49. The molecule has 0 radical (unpaired) electrons. The van der Waals surface area contributed by atoms with E-state index < -0.39 is 0 Å². The third-order valence-electron chi connectivity index (χ3n) is 3.77. The fraction of sp³-hybridized carbons (Fsp3) is 0.636. The lowest BCUT2D eigenvalue weighted by Crippen LogP contribution is -2.65. The molecule has 3 fully saturated rings. The van der Waals surface area contributed by atoms with Gasteiger partial charge in [-0.2, -0.15) is 0 Å². The van der Waals surface area contributed by atoms with Crippen LogP contribution in [-0.4, -0.2) is 24.8 Å². The molecule has 0 spiro atoms. The molecule has 14 heavy (non-hydrogen) atoms. The van der Waals surface area contributed by atoms with Crippen molar-refractivity contribution >= 4 is 11.3 Å². The fourth-order valence-electron chi connectivity index (χ4n) is 3.21. The van der Waals surface area contributed by atoms with Crippen LogP contribution in [0.2, 0.25) is 0 Å². The lowest BCUT2D eigenvalue weighted by Gasteiger charge is -2.60. The van der Waals surface area contributed by atoms with Gasteiger partial charge in [-0.1, -0.05) is 6.07 Å². The van der Waals surface area contributed by atoms with Crippen LogP contribution in [0.3, 0.4) is 0 Å². The summed E-state index contributed by atoms with van der Waals surface area (Å²) < 4.78 is 0. The minimum Gasteiger partial charge on any atom is -0.396 e. The van der Waals surface area contributed by atoms with Gasteiger partial charge in [0.15, 0.2) is 0 Å². The summed E-state index contributed by atoms with van der Waals surface area (Å²) in [6.45, 7) is 2.43. The van der Waals surface area contributed by atoms with E-state index in [0.717, 1.165) is 13.1 Å². The molecule has 2 bridgehead atoms. The molecule has 1 saturated carbocycles. The molecule has 1 aliphatic carbocycles. The van der Waals surface area contributed by atoms with Crippen molar-refractivity contribution in [1.29, 1.82) is 0 Å². The second-order valence-electron chi connectivity index (χ2n) is 4.87. The van der Waals surface area contributed by atoms with E-state index >= 15 is 0 Å². The zero-order valence-electron chi connectivity index (χ0n) is 8.12. The maximum Gasteiger partial charge on any atom is 0.0500 e. The van der Waals surface area contributed by atoms with E-state index in [0.29, 0.717) is 12.0 Å². The summed E-state index contributed by atoms with van der Waals surface area (Å²) in [7, 11) is 0. The first-order valence-corrected chi connectivity index (χ1v) is 6.02. The highest BCUT2D eigenvalue weighted by Gasteiger charge is 2.57. The molecular formula is C11H15NOS. The van der Waals surface area contributed by atoms with E-state index in [1.165, 1.54) is 17.7 Å². The van der Waals surface area contributed by atoms with Gasteiger partial charge in [0.25, 0.3) is 0 Å². The minimum atomic E-state index is 0.197. The van der Waals surface area contributed by atoms with Gasteiger partial charge in [-0.05, 0) is 24.3 Å². The number of hydrogen-bond acceptors (Lipinski definition) is 3. The number of rotatable bonds is 2. The van der Waals surface area contributed by atoms with Crippen LogP contribution in [0.25, 0.3) is 0 Å². The van der Waals surface area contributed by atoms with Crippen LogP contribution >= 0.6 is 11.3 Å². The molecule has 2 aliphatic heterocycles. The van der Waals surface area contributed by atoms with Gasteiger partial charge in [-0.15, -0.1) is 11.3 Å². The van der Waals surface area contributed by atoms with E-state index in [2.05, 4.69) is 22.8 Å². The van der Waals surface area contributed by atoms with E-state index in [4.69, 9.17) is 0 Å². The first kappa shape index (κ1) is 8.89. The number of fused-ring (bicyclic) bond motifs is 2. The van der Waals surface area contributed by atoms with Crippen molar-refractivity contribution in [2.45, 2.75) is 18.3 Å². The summed E-state index contributed by atoms with van der Waals surface area (Å²) in [6.07, 6.45) is 2.34. The van der Waals surface area contributed by atoms with Gasteiger partial charge >= 0.3 is 0 Å². The second-order valence-corrected chi connectivity index (χ2v) is 5.82. The minimum absolute atomic E-state index is 0.197. The maximum absolute atomic E-state index is 9.36. The number of aliphatic hydroxyl groups excluding tert-OH is 1. The van der Waals surface area contributed by atoms with Crippen molar-refractivity contribution in [3.05, 3.63) is 22.4 Å². The average molecular weight is 209 g/mol. The molecule has 2 nitrogen and oxygen atoms in total. The maximum atomic E-state index is 9.36. The van der Waals surface area contributed by atoms with Gasteiger partial charge in [-0.3, -0.25) is 0 Å². The van der Waals surface area contributed by atoms with Crippen molar-refractivity contribution in [3.63, 3.8) is 0 Å².